The lowest BCUT2D eigenvalue weighted by atomic mass is 11.9. The Morgan fingerprint density at radius 3 is 1.26 bits per heavy atom. The minimum absolute atomic E-state index is 1.21. The van der Waals surface area contributed by atoms with Crippen molar-refractivity contribution in [1.82, 2.24) is 0 Å². The lowest BCUT2D eigenvalue weighted by Crippen LogP contribution is -2.47. The fourth-order valence-electron chi connectivity index (χ4n) is 3.60. The van der Waals surface area contributed by atoms with Gasteiger partial charge in [-0.05, 0) is 58.9 Å². The standard InChI is InChI=1S/C9H52O20Si18/c1-36(10)19-45(16-33-13-31-14-35-18-47-28-43(8)23-39(4)24-44(9)29-47)25-40(5)20-37(2)15-32-11-30-12-34-17-46-26-41(6)21-38(3)22-42(7)27-46/h10,36-47H,30-35H2,1-9H3. The molecule has 0 aromatic carbocycles. The van der Waals surface area contributed by atoms with E-state index in [2.05, 4.69) is 0 Å². The highest BCUT2D eigenvalue weighted by molar-refractivity contribution is 6.73. The molecule has 0 amide bonds. The maximum absolute atomic E-state index is 9.86. The van der Waals surface area contributed by atoms with Crippen LogP contribution in [0.3, 0.4) is 0 Å². The molecule has 8 atom stereocenters. The SMILES string of the molecule is C[SiH](O)O[SiH](O[SiH2]O[SiH2]O[SiH2]O[SiH]1O[SiH](C)O[SiH](C)O[SiH](C)O1)O[SiH](C)O[SiH](C)O[SiH2]O[SiH2]O[SiH2]O[SiH]1O[SiH](C)O[SiH](C)O[SiH](C)O1. The minimum atomic E-state index is -2.61. The molecule has 0 aliphatic carbocycles. The topological polar surface area (TPSA) is 196 Å². The van der Waals surface area contributed by atoms with Crippen LogP contribution in [-0.2, 0) is 78.2 Å². The van der Waals surface area contributed by atoms with Gasteiger partial charge in [0.15, 0.2) is 0 Å². The first kappa shape index (κ1) is 46.3. The highest BCUT2D eigenvalue weighted by atomic mass is 28.5. The second-order valence-corrected chi connectivity index (χ2v) is 47.0. The lowest BCUT2D eigenvalue weighted by molar-refractivity contribution is 0.229. The van der Waals surface area contributed by atoms with Crippen LogP contribution in [0.25, 0.3) is 0 Å². The Bertz CT molecular complexity index is 765. The molecular formula is C9H52O20Si18. The molecule has 0 spiro atoms. The van der Waals surface area contributed by atoms with Crippen LogP contribution in [0.15, 0.2) is 0 Å². The van der Waals surface area contributed by atoms with Gasteiger partial charge in [0.25, 0.3) is 87.9 Å². The summed E-state index contributed by atoms with van der Waals surface area (Å²) in [5.74, 6) is 0. The second-order valence-electron chi connectivity index (χ2n) is 9.69. The summed E-state index contributed by atoms with van der Waals surface area (Å²) in [6.45, 7) is 17.2. The van der Waals surface area contributed by atoms with Gasteiger partial charge in [-0.15, -0.1) is 0 Å². The molecule has 0 saturated carbocycles. The Hall–Kier alpha value is 3.10. The largest absolute Gasteiger partial charge is 0.456 e. The predicted octanol–water partition coefficient (Wildman–Crippen LogP) is -9.88. The smallest absolute Gasteiger partial charge is 0.425 e. The van der Waals surface area contributed by atoms with Gasteiger partial charge in [0.05, 0.1) is 0 Å². The third kappa shape index (κ3) is 24.2. The quantitative estimate of drug-likeness (QED) is 0.0793. The molecule has 0 bridgehead atoms. The van der Waals surface area contributed by atoms with Gasteiger partial charge in [-0.2, -0.15) is 0 Å². The fraction of sp³-hybridized carbons (Fsp3) is 1.00. The van der Waals surface area contributed by atoms with E-state index in [1.165, 1.54) is 0 Å². The molecule has 2 saturated heterocycles. The summed E-state index contributed by atoms with van der Waals surface area (Å²) in [4.78, 5) is 9.86. The zero-order valence-corrected chi connectivity index (χ0v) is 50.7. The van der Waals surface area contributed by atoms with Crippen LogP contribution in [0, 0.1) is 0 Å². The van der Waals surface area contributed by atoms with Gasteiger partial charge < -0.3 is 83.0 Å². The molecular weight excluding hydrogens is 934 g/mol. The van der Waals surface area contributed by atoms with E-state index in [0.29, 0.717) is 0 Å². The van der Waals surface area contributed by atoms with Gasteiger partial charge in [0.1, 0.15) is 0 Å². The third-order valence-corrected chi connectivity index (χ3v) is 47.9. The van der Waals surface area contributed by atoms with Gasteiger partial charge in [0, 0.05) is 0 Å². The average Bonchev–Trinajstić information content (AvgIpc) is 2.93. The number of hydrogen-bond acceptors (Lipinski definition) is 20. The molecule has 1 N–H and O–H groups in total. The summed E-state index contributed by atoms with van der Waals surface area (Å²) >= 11 is 0. The molecule has 2 heterocycles. The van der Waals surface area contributed by atoms with Crippen LogP contribution in [-0.4, -0.2) is 177 Å². The first-order valence-corrected chi connectivity index (χ1v) is 45.1. The van der Waals surface area contributed by atoms with Crippen LogP contribution in [0.4, 0.5) is 0 Å². The Morgan fingerprint density at radius 1 is 0.447 bits per heavy atom. The van der Waals surface area contributed by atoms with E-state index >= 15 is 0 Å². The molecule has 2 fully saturated rings. The number of hydrogen-bond donors (Lipinski definition) is 1. The Labute approximate surface area is 312 Å². The highest BCUT2D eigenvalue weighted by Gasteiger charge is 2.31. The van der Waals surface area contributed by atoms with Crippen molar-refractivity contribution in [2.45, 2.75) is 58.9 Å². The van der Waals surface area contributed by atoms with Crippen molar-refractivity contribution in [3.05, 3.63) is 0 Å². The summed E-state index contributed by atoms with van der Waals surface area (Å²) in [5.41, 5.74) is 0. The summed E-state index contributed by atoms with van der Waals surface area (Å²) in [5, 5.41) is 0. The van der Waals surface area contributed by atoms with Crippen molar-refractivity contribution in [1.29, 1.82) is 0 Å². The molecule has 0 radical (unpaired) electrons. The van der Waals surface area contributed by atoms with Crippen molar-refractivity contribution in [3.8, 4) is 0 Å². The molecule has 280 valence electrons. The summed E-state index contributed by atoms with van der Waals surface area (Å²) in [6, 6.07) is 0. The van der Waals surface area contributed by atoms with Crippen molar-refractivity contribution < 1.29 is 83.0 Å². The Kier molecular flexibility index (Phi) is 27.2. The van der Waals surface area contributed by atoms with Gasteiger partial charge in [-0.25, -0.2) is 0 Å². The van der Waals surface area contributed by atoms with Gasteiger partial charge in [-0.3, -0.25) is 0 Å². The van der Waals surface area contributed by atoms with E-state index in [1.54, 1.807) is 6.55 Å². The summed E-state index contributed by atoms with van der Waals surface area (Å²) < 4.78 is 110. The molecule has 47 heavy (non-hydrogen) atoms. The predicted molar refractivity (Wildman–Crippen MR) is 213 cm³/mol. The summed E-state index contributed by atoms with van der Waals surface area (Å²) in [6.07, 6.45) is 0. The first-order valence-electron chi connectivity index (χ1n) is 15.0. The zero-order chi connectivity index (χ0) is 34.6. The van der Waals surface area contributed by atoms with Crippen molar-refractivity contribution in [2.24, 2.45) is 0 Å². The van der Waals surface area contributed by atoms with Crippen LogP contribution in [0.5, 0.6) is 0 Å². The monoisotopic (exact) mass is 984 g/mol. The van der Waals surface area contributed by atoms with Gasteiger partial charge in [-0.1, -0.05) is 0 Å². The molecule has 0 aromatic heterocycles. The number of rotatable bonds is 22. The Morgan fingerprint density at radius 2 is 0.830 bits per heavy atom. The molecule has 20 nitrogen and oxygen atoms in total. The van der Waals surface area contributed by atoms with Crippen LogP contribution < -0.4 is 0 Å². The Balaban J connectivity index is 1.53. The molecule has 38 heteroatoms. The molecule has 2 aliphatic rings. The van der Waals surface area contributed by atoms with Crippen LogP contribution >= 0.6 is 0 Å². The maximum Gasteiger partial charge on any atom is 0.456 e. The fourth-order valence-corrected chi connectivity index (χ4v) is 48.7. The highest BCUT2D eigenvalue weighted by Crippen LogP contribution is 2.09. The molecule has 8 unspecified atom stereocenters. The molecule has 2 rings (SSSR count). The van der Waals surface area contributed by atoms with Crippen molar-refractivity contribution in [3.63, 3.8) is 0 Å². The molecule has 0 aromatic rings. The van der Waals surface area contributed by atoms with Gasteiger partial charge in [0.2, 0.25) is 0 Å². The average molecular weight is 986 g/mol. The maximum atomic E-state index is 9.86. The normalized spacial score (nSPS) is 33.6. The van der Waals surface area contributed by atoms with E-state index < -0.39 is 172 Å². The van der Waals surface area contributed by atoms with Gasteiger partial charge >= 0.3 is 84.3 Å². The lowest BCUT2D eigenvalue weighted by Gasteiger charge is -2.30. The minimum Gasteiger partial charge on any atom is -0.425 e. The van der Waals surface area contributed by atoms with Crippen molar-refractivity contribution in [2.75, 3.05) is 0 Å². The van der Waals surface area contributed by atoms with E-state index in [-0.39, 0.29) is 0 Å². The van der Waals surface area contributed by atoms with Crippen LogP contribution in [0.2, 0.25) is 58.9 Å². The van der Waals surface area contributed by atoms with E-state index in [1.807, 2.05) is 52.4 Å². The third-order valence-electron chi connectivity index (χ3n) is 5.32. The van der Waals surface area contributed by atoms with E-state index in [0.717, 1.165) is 0 Å². The first-order chi connectivity index (χ1) is 22.4. The molecule has 2 aliphatic heterocycles. The van der Waals surface area contributed by atoms with Crippen LogP contribution in [0.1, 0.15) is 0 Å². The second kappa shape index (κ2) is 27.7. The summed E-state index contributed by atoms with van der Waals surface area (Å²) in [7, 11) is -32.0. The zero-order valence-electron chi connectivity index (χ0n) is 28.4. The van der Waals surface area contributed by atoms with E-state index in [9.17, 15) is 4.80 Å². The van der Waals surface area contributed by atoms with Crippen molar-refractivity contribution >= 4 is 172 Å². The van der Waals surface area contributed by atoms with E-state index in [4.69, 9.17) is 78.2 Å².